The number of hydrogen-bond acceptors (Lipinski definition) is 3. The molecular weight excluding hydrogens is 170 g/mol. The van der Waals surface area contributed by atoms with Gasteiger partial charge in [0.2, 0.25) is 0 Å². The quantitative estimate of drug-likeness (QED) is 0.647. The van der Waals surface area contributed by atoms with Gasteiger partial charge in [0, 0.05) is 7.05 Å². The molecule has 11 heavy (non-hydrogen) atoms. The summed E-state index contributed by atoms with van der Waals surface area (Å²) in [5.74, 6) is 0. The van der Waals surface area contributed by atoms with Gasteiger partial charge in [-0.3, -0.25) is 4.55 Å². The van der Waals surface area contributed by atoms with Crippen molar-refractivity contribution in [3.8, 4) is 0 Å². The zero-order chi connectivity index (χ0) is 8.85. The lowest BCUT2D eigenvalue weighted by atomic mass is 10.5. The summed E-state index contributed by atoms with van der Waals surface area (Å²) in [7, 11) is 1.19. The van der Waals surface area contributed by atoms with Crippen LogP contribution >= 0.6 is 0 Å². The van der Waals surface area contributed by atoms with Gasteiger partial charge in [-0.25, -0.2) is 13.3 Å². The highest BCUT2D eigenvalue weighted by Gasteiger charge is 2.13. The fourth-order valence-corrected chi connectivity index (χ4v) is 0.524. The van der Waals surface area contributed by atoms with Crippen LogP contribution in [-0.2, 0) is 16.0 Å². The van der Waals surface area contributed by atoms with E-state index in [-0.39, 0.29) is 6.61 Å². The van der Waals surface area contributed by atoms with E-state index in [1.807, 2.05) is 6.92 Å². The van der Waals surface area contributed by atoms with Gasteiger partial charge in [0.05, 0.1) is 6.61 Å². The van der Waals surface area contributed by atoms with Crippen molar-refractivity contribution in [2.45, 2.75) is 13.3 Å². The minimum Gasteiger partial charge on any atom is -0.449 e. The SMILES string of the molecule is CCCOC(=O)N(C)S(=O)O. The average molecular weight is 181 g/mol. The number of hydrogen-bond donors (Lipinski definition) is 1. The van der Waals surface area contributed by atoms with E-state index in [0.717, 1.165) is 0 Å². The van der Waals surface area contributed by atoms with Crippen molar-refractivity contribution in [1.82, 2.24) is 4.31 Å². The molecule has 0 spiro atoms. The molecule has 0 aromatic carbocycles. The smallest absolute Gasteiger partial charge is 0.423 e. The van der Waals surface area contributed by atoms with E-state index < -0.39 is 17.4 Å². The predicted molar refractivity (Wildman–Crippen MR) is 40.2 cm³/mol. The van der Waals surface area contributed by atoms with E-state index in [1.165, 1.54) is 7.05 Å². The van der Waals surface area contributed by atoms with Gasteiger partial charge in [-0.05, 0) is 6.42 Å². The summed E-state index contributed by atoms with van der Waals surface area (Å²) < 4.78 is 23.8. The van der Waals surface area contributed by atoms with Gasteiger partial charge < -0.3 is 4.74 Å². The van der Waals surface area contributed by atoms with Crippen molar-refractivity contribution in [3.05, 3.63) is 0 Å². The second-order valence-electron chi connectivity index (χ2n) is 1.84. The van der Waals surface area contributed by atoms with E-state index in [1.54, 1.807) is 0 Å². The van der Waals surface area contributed by atoms with Crippen LogP contribution in [0.5, 0.6) is 0 Å². The third kappa shape index (κ3) is 3.94. The lowest BCUT2D eigenvalue weighted by Crippen LogP contribution is -2.29. The van der Waals surface area contributed by atoms with Gasteiger partial charge in [0.1, 0.15) is 0 Å². The van der Waals surface area contributed by atoms with E-state index in [2.05, 4.69) is 4.74 Å². The molecule has 0 aliphatic heterocycles. The number of rotatable bonds is 3. The predicted octanol–water partition coefficient (Wildman–Crippen LogP) is 0.601. The number of carbonyl (C=O) groups excluding carboxylic acids is 1. The van der Waals surface area contributed by atoms with Crippen LogP contribution in [0.1, 0.15) is 13.3 Å². The van der Waals surface area contributed by atoms with Crippen molar-refractivity contribution >= 4 is 17.4 Å². The number of nitrogens with zero attached hydrogens (tertiary/aromatic N) is 1. The Labute approximate surface area is 67.7 Å². The molecule has 0 heterocycles. The summed E-state index contributed by atoms with van der Waals surface area (Å²) in [6, 6.07) is 0. The topological polar surface area (TPSA) is 66.8 Å². The molecule has 0 saturated heterocycles. The summed E-state index contributed by atoms with van der Waals surface area (Å²) in [5, 5.41) is 0. The maximum atomic E-state index is 10.7. The van der Waals surface area contributed by atoms with Gasteiger partial charge in [-0.15, -0.1) is 0 Å². The van der Waals surface area contributed by atoms with Crippen molar-refractivity contribution in [3.63, 3.8) is 0 Å². The Hall–Kier alpha value is -0.620. The van der Waals surface area contributed by atoms with E-state index >= 15 is 0 Å². The lowest BCUT2D eigenvalue weighted by Gasteiger charge is -2.10. The lowest BCUT2D eigenvalue weighted by molar-refractivity contribution is 0.130. The molecule has 0 radical (unpaired) electrons. The van der Waals surface area contributed by atoms with Crippen LogP contribution in [-0.4, -0.2) is 32.8 Å². The molecular formula is C5H11NO4S. The molecule has 66 valence electrons. The molecule has 1 atom stereocenters. The zero-order valence-corrected chi connectivity index (χ0v) is 7.26. The second kappa shape index (κ2) is 5.09. The first-order valence-electron chi connectivity index (χ1n) is 3.11. The molecule has 0 aliphatic carbocycles. The summed E-state index contributed by atoms with van der Waals surface area (Å²) in [6.07, 6.45) is -0.0924. The largest absolute Gasteiger partial charge is 0.449 e. The van der Waals surface area contributed by atoms with Crippen LogP contribution in [0.3, 0.4) is 0 Å². The Balaban J connectivity index is 3.74. The monoisotopic (exact) mass is 181 g/mol. The first-order chi connectivity index (χ1) is 5.09. The minimum absolute atomic E-state index is 0.264. The molecule has 0 saturated carbocycles. The second-order valence-corrected chi connectivity index (χ2v) is 2.85. The summed E-state index contributed by atoms with van der Waals surface area (Å²) in [6.45, 7) is 2.10. The van der Waals surface area contributed by atoms with E-state index in [9.17, 15) is 9.00 Å². The minimum atomic E-state index is -2.29. The molecule has 0 rings (SSSR count). The highest BCUT2D eigenvalue weighted by atomic mass is 32.2. The van der Waals surface area contributed by atoms with Crippen LogP contribution in [0.15, 0.2) is 0 Å². The normalized spacial score (nSPS) is 12.3. The Bertz CT molecular complexity index is 161. The Morgan fingerprint density at radius 3 is 2.64 bits per heavy atom. The summed E-state index contributed by atoms with van der Waals surface area (Å²) >= 11 is -2.29. The standard InChI is InChI=1S/C5H11NO4S/c1-3-4-10-5(7)6(2)11(8)9/h3-4H2,1-2H3,(H,8,9). The summed E-state index contributed by atoms with van der Waals surface area (Å²) in [5.41, 5.74) is 0. The molecule has 0 fully saturated rings. The molecule has 5 nitrogen and oxygen atoms in total. The van der Waals surface area contributed by atoms with Crippen LogP contribution in [0.25, 0.3) is 0 Å². The van der Waals surface area contributed by atoms with Crippen LogP contribution in [0.2, 0.25) is 0 Å². The summed E-state index contributed by atoms with van der Waals surface area (Å²) in [4.78, 5) is 10.7. The molecule has 1 unspecified atom stereocenters. The Kier molecular flexibility index (Phi) is 4.80. The fourth-order valence-electron chi connectivity index (χ4n) is 0.344. The number of amides is 1. The van der Waals surface area contributed by atoms with Crippen LogP contribution in [0.4, 0.5) is 4.79 Å². The number of ether oxygens (including phenoxy) is 1. The molecule has 1 N–H and O–H groups in total. The zero-order valence-electron chi connectivity index (χ0n) is 6.44. The molecule has 1 amide bonds. The molecule has 6 heteroatoms. The maximum absolute atomic E-state index is 10.7. The Morgan fingerprint density at radius 2 is 2.27 bits per heavy atom. The van der Waals surface area contributed by atoms with E-state index in [4.69, 9.17) is 4.55 Å². The maximum Gasteiger partial charge on any atom is 0.423 e. The third-order valence-corrected chi connectivity index (χ3v) is 1.54. The van der Waals surface area contributed by atoms with Gasteiger partial charge >= 0.3 is 6.09 Å². The van der Waals surface area contributed by atoms with Crippen LogP contribution in [0, 0.1) is 0 Å². The van der Waals surface area contributed by atoms with Gasteiger partial charge in [0.15, 0.2) is 0 Å². The molecule has 0 aromatic rings. The van der Waals surface area contributed by atoms with Gasteiger partial charge in [-0.1, -0.05) is 6.92 Å². The molecule has 0 aliphatic rings. The third-order valence-electron chi connectivity index (χ3n) is 0.921. The van der Waals surface area contributed by atoms with Gasteiger partial charge in [-0.2, -0.15) is 0 Å². The first kappa shape index (κ1) is 10.4. The molecule has 0 aromatic heterocycles. The molecule has 0 bridgehead atoms. The average Bonchev–Trinajstić information content (AvgIpc) is 1.98. The highest BCUT2D eigenvalue weighted by Crippen LogP contribution is 1.93. The number of carbonyl (C=O) groups is 1. The van der Waals surface area contributed by atoms with Crippen molar-refractivity contribution < 1.29 is 18.3 Å². The van der Waals surface area contributed by atoms with Crippen LogP contribution < -0.4 is 0 Å². The highest BCUT2D eigenvalue weighted by molar-refractivity contribution is 7.77. The van der Waals surface area contributed by atoms with Crippen molar-refractivity contribution in [1.29, 1.82) is 0 Å². The first-order valence-corrected chi connectivity index (χ1v) is 4.17. The fraction of sp³-hybridized carbons (Fsp3) is 0.800. The van der Waals surface area contributed by atoms with Crippen molar-refractivity contribution in [2.24, 2.45) is 0 Å². The Morgan fingerprint density at radius 1 is 1.73 bits per heavy atom. The van der Waals surface area contributed by atoms with E-state index in [0.29, 0.717) is 10.7 Å². The van der Waals surface area contributed by atoms with Gasteiger partial charge in [0.25, 0.3) is 11.3 Å². The van der Waals surface area contributed by atoms with Crippen molar-refractivity contribution in [2.75, 3.05) is 13.7 Å².